The number of hydrogen-bond donors (Lipinski definition) is 0. The second-order valence-electron chi connectivity index (χ2n) is 6.00. The Morgan fingerprint density at radius 2 is 2.22 bits per heavy atom. The second kappa shape index (κ2) is 4.25. The molecule has 3 aliphatic rings. The van der Waals surface area contributed by atoms with Crippen LogP contribution in [0.4, 0.5) is 0 Å². The van der Waals surface area contributed by atoms with Crippen LogP contribution < -0.4 is 0 Å². The number of ether oxygens (including phenoxy) is 1. The molecule has 1 unspecified atom stereocenters. The topological polar surface area (TPSA) is 26.3 Å². The fourth-order valence-electron chi connectivity index (χ4n) is 3.65. The fourth-order valence-corrected chi connectivity index (χ4v) is 3.65. The standard InChI is InChI=1S/C16H22O2/c1-3-11-7-8-12-13-5-4-6-15(17)16(13,2)10-9-14(12)18-11/h5,11H,3-4,6-10H2,1-2H3/t11?,16-/m0/s1. The molecule has 0 spiro atoms. The largest absolute Gasteiger partial charge is 0.494 e. The van der Waals surface area contributed by atoms with E-state index in [0.717, 1.165) is 44.9 Å². The van der Waals surface area contributed by atoms with Crippen LogP contribution in [0.3, 0.4) is 0 Å². The number of Topliss-reactive ketones (excluding diaryl/α,β-unsaturated/α-hetero) is 1. The van der Waals surface area contributed by atoms with Crippen LogP contribution in [0.1, 0.15) is 58.8 Å². The van der Waals surface area contributed by atoms with Gasteiger partial charge >= 0.3 is 0 Å². The van der Waals surface area contributed by atoms with Gasteiger partial charge in [0.15, 0.2) is 0 Å². The molecule has 2 atom stereocenters. The van der Waals surface area contributed by atoms with Crippen LogP contribution in [-0.2, 0) is 9.53 Å². The molecule has 0 saturated carbocycles. The first-order valence-corrected chi connectivity index (χ1v) is 7.28. The predicted octanol–water partition coefficient (Wildman–Crippen LogP) is 3.92. The molecule has 0 saturated heterocycles. The maximum Gasteiger partial charge on any atom is 0.143 e. The summed E-state index contributed by atoms with van der Waals surface area (Å²) in [7, 11) is 0. The van der Waals surface area contributed by atoms with E-state index < -0.39 is 0 Å². The summed E-state index contributed by atoms with van der Waals surface area (Å²) in [5.41, 5.74) is 2.45. The van der Waals surface area contributed by atoms with Gasteiger partial charge in [0, 0.05) is 12.8 Å². The molecule has 0 N–H and O–H groups in total. The Kier molecular flexibility index (Phi) is 2.84. The van der Waals surface area contributed by atoms with E-state index in [2.05, 4.69) is 19.9 Å². The molecule has 2 aliphatic carbocycles. The molecule has 0 aromatic carbocycles. The highest BCUT2D eigenvalue weighted by Crippen LogP contribution is 2.50. The van der Waals surface area contributed by atoms with E-state index in [1.54, 1.807) is 0 Å². The molecule has 2 heteroatoms. The summed E-state index contributed by atoms with van der Waals surface area (Å²) in [4.78, 5) is 12.2. The summed E-state index contributed by atoms with van der Waals surface area (Å²) in [6, 6.07) is 0. The lowest BCUT2D eigenvalue weighted by atomic mass is 9.63. The van der Waals surface area contributed by atoms with Gasteiger partial charge in [-0.2, -0.15) is 0 Å². The van der Waals surface area contributed by atoms with Crippen molar-refractivity contribution in [3.63, 3.8) is 0 Å². The van der Waals surface area contributed by atoms with Crippen molar-refractivity contribution in [3.05, 3.63) is 23.0 Å². The summed E-state index contributed by atoms with van der Waals surface area (Å²) in [5, 5.41) is 0. The molecule has 0 aromatic heterocycles. The molecular formula is C16H22O2. The second-order valence-corrected chi connectivity index (χ2v) is 6.00. The number of rotatable bonds is 1. The van der Waals surface area contributed by atoms with Gasteiger partial charge in [-0.3, -0.25) is 4.79 Å². The van der Waals surface area contributed by atoms with Gasteiger partial charge in [-0.15, -0.1) is 0 Å². The Hall–Kier alpha value is -1.05. The van der Waals surface area contributed by atoms with Gasteiger partial charge in [0.1, 0.15) is 5.78 Å². The first-order valence-electron chi connectivity index (χ1n) is 7.28. The molecule has 2 nitrogen and oxygen atoms in total. The highest BCUT2D eigenvalue weighted by molar-refractivity contribution is 5.90. The lowest BCUT2D eigenvalue weighted by Crippen LogP contribution is -2.38. The monoisotopic (exact) mass is 246 g/mol. The number of fused-ring (bicyclic) bond motifs is 2. The van der Waals surface area contributed by atoms with Crippen molar-refractivity contribution in [2.24, 2.45) is 5.41 Å². The molecule has 1 heterocycles. The molecule has 0 bridgehead atoms. The van der Waals surface area contributed by atoms with Crippen LogP contribution in [0.2, 0.25) is 0 Å². The average Bonchev–Trinajstić information content (AvgIpc) is 2.40. The molecule has 0 radical (unpaired) electrons. The van der Waals surface area contributed by atoms with Gasteiger partial charge < -0.3 is 4.74 Å². The summed E-state index contributed by atoms with van der Waals surface area (Å²) >= 11 is 0. The van der Waals surface area contributed by atoms with E-state index in [1.807, 2.05) is 0 Å². The summed E-state index contributed by atoms with van der Waals surface area (Å²) in [6.45, 7) is 4.32. The van der Waals surface area contributed by atoms with E-state index in [9.17, 15) is 4.79 Å². The lowest BCUT2D eigenvalue weighted by molar-refractivity contribution is -0.127. The molecule has 1 aliphatic heterocycles. The molecule has 0 fully saturated rings. The van der Waals surface area contributed by atoms with Gasteiger partial charge in [0.25, 0.3) is 0 Å². The zero-order chi connectivity index (χ0) is 12.8. The van der Waals surface area contributed by atoms with Crippen molar-refractivity contribution in [2.75, 3.05) is 0 Å². The zero-order valence-corrected chi connectivity index (χ0v) is 11.4. The molecule has 98 valence electrons. The first-order chi connectivity index (χ1) is 8.65. The molecule has 0 aromatic rings. The minimum absolute atomic E-state index is 0.209. The summed E-state index contributed by atoms with van der Waals surface area (Å²) in [5.74, 6) is 1.62. The highest BCUT2D eigenvalue weighted by Gasteiger charge is 2.44. The predicted molar refractivity (Wildman–Crippen MR) is 71.1 cm³/mol. The minimum atomic E-state index is -0.209. The Morgan fingerprint density at radius 1 is 1.39 bits per heavy atom. The van der Waals surface area contributed by atoms with Crippen molar-refractivity contribution in [1.82, 2.24) is 0 Å². The SMILES string of the molecule is CCC1CCC2=C(CC[C@]3(C)C(=O)CCC=C23)O1. The minimum Gasteiger partial charge on any atom is -0.494 e. The van der Waals surface area contributed by atoms with Crippen LogP contribution in [0.15, 0.2) is 23.0 Å². The molecule has 0 amide bonds. The Labute approximate surface area is 109 Å². The molecule has 3 rings (SSSR count). The average molecular weight is 246 g/mol. The van der Waals surface area contributed by atoms with Crippen molar-refractivity contribution in [3.8, 4) is 0 Å². The van der Waals surface area contributed by atoms with Gasteiger partial charge in [0.05, 0.1) is 17.3 Å². The number of carbonyl (C=O) groups is 1. The van der Waals surface area contributed by atoms with Crippen molar-refractivity contribution in [1.29, 1.82) is 0 Å². The van der Waals surface area contributed by atoms with E-state index in [0.29, 0.717) is 11.9 Å². The smallest absolute Gasteiger partial charge is 0.143 e. The number of ketones is 1. The lowest BCUT2D eigenvalue weighted by Gasteiger charge is -2.42. The number of carbonyl (C=O) groups excluding carboxylic acids is 1. The summed E-state index contributed by atoms with van der Waals surface area (Å²) < 4.78 is 6.10. The fraction of sp³-hybridized carbons (Fsp3) is 0.688. The maximum absolute atomic E-state index is 12.2. The van der Waals surface area contributed by atoms with Crippen LogP contribution >= 0.6 is 0 Å². The molecule has 18 heavy (non-hydrogen) atoms. The Bertz CT molecular complexity index is 444. The van der Waals surface area contributed by atoms with E-state index >= 15 is 0 Å². The maximum atomic E-state index is 12.2. The van der Waals surface area contributed by atoms with Crippen molar-refractivity contribution in [2.45, 2.75) is 64.9 Å². The Balaban J connectivity index is 1.98. The third-order valence-electron chi connectivity index (χ3n) is 4.92. The summed E-state index contributed by atoms with van der Waals surface area (Å²) in [6.07, 6.45) is 9.52. The molecular weight excluding hydrogens is 224 g/mol. The van der Waals surface area contributed by atoms with Crippen molar-refractivity contribution < 1.29 is 9.53 Å². The zero-order valence-electron chi connectivity index (χ0n) is 11.4. The van der Waals surface area contributed by atoms with Crippen LogP contribution in [0.5, 0.6) is 0 Å². The van der Waals surface area contributed by atoms with Gasteiger partial charge in [-0.05, 0) is 50.2 Å². The number of hydrogen-bond acceptors (Lipinski definition) is 2. The van der Waals surface area contributed by atoms with Crippen molar-refractivity contribution >= 4 is 5.78 Å². The van der Waals surface area contributed by atoms with Crippen LogP contribution in [0, 0.1) is 5.41 Å². The van der Waals surface area contributed by atoms with Gasteiger partial charge in [-0.1, -0.05) is 13.0 Å². The van der Waals surface area contributed by atoms with Gasteiger partial charge in [0.2, 0.25) is 0 Å². The highest BCUT2D eigenvalue weighted by atomic mass is 16.5. The normalized spacial score (nSPS) is 35.6. The van der Waals surface area contributed by atoms with Crippen LogP contribution in [-0.4, -0.2) is 11.9 Å². The van der Waals surface area contributed by atoms with Gasteiger partial charge in [-0.25, -0.2) is 0 Å². The first kappa shape index (κ1) is 12.0. The quantitative estimate of drug-likeness (QED) is 0.701. The van der Waals surface area contributed by atoms with E-state index in [1.165, 1.54) is 16.9 Å². The van der Waals surface area contributed by atoms with E-state index in [-0.39, 0.29) is 5.41 Å². The van der Waals surface area contributed by atoms with Crippen LogP contribution in [0.25, 0.3) is 0 Å². The third-order valence-corrected chi connectivity index (χ3v) is 4.92. The third kappa shape index (κ3) is 1.65. The van der Waals surface area contributed by atoms with E-state index in [4.69, 9.17) is 4.74 Å². The number of allylic oxidation sites excluding steroid dienone is 4. The Morgan fingerprint density at radius 3 is 3.00 bits per heavy atom.